The fourth-order valence-electron chi connectivity index (χ4n) is 1.64. The van der Waals surface area contributed by atoms with Crippen LogP contribution in [-0.2, 0) is 14.8 Å². The van der Waals surface area contributed by atoms with E-state index in [1.165, 1.54) is 0 Å². The summed E-state index contributed by atoms with van der Waals surface area (Å²) >= 11 is 0. The number of nitrogens with two attached hydrogens (primary N) is 1. The zero-order chi connectivity index (χ0) is 15.2. The van der Waals surface area contributed by atoms with Crippen LogP contribution in [0.2, 0.25) is 0 Å². The molecule has 0 saturated heterocycles. The van der Waals surface area contributed by atoms with Crippen molar-refractivity contribution in [3.63, 3.8) is 0 Å². The van der Waals surface area contributed by atoms with Gasteiger partial charge < -0.3 is 11.1 Å². The number of hydrogen-bond donors (Lipinski definition) is 3. The topological polar surface area (TPSA) is 101 Å². The number of carbonyl (C=O) groups is 1. The Balaban J connectivity index is 2.47. The highest BCUT2D eigenvalue weighted by Gasteiger charge is 2.05. The average molecular weight is 299 g/mol. The average Bonchev–Trinajstić information content (AvgIpc) is 2.29. The van der Waals surface area contributed by atoms with Crippen molar-refractivity contribution in [3.05, 3.63) is 24.3 Å². The molecule has 0 heterocycles. The molecule has 1 aromatic rings. The first kappa shape index (κ1) is 16.5. The van der Waals surface area contributed by atoms with E-state index in [-0.39, 0.29) is 11.9 Å². The number of hydrogen-bond acceptors (Lipinski definition) is 4. The minimum atomic E-state index is -3.28. The Morgan fingerprint density at radius 2 is 1.80 bits per heavy atom. The Labute approximate surface area is 119 Å². The summed E-state index contributed by atoms with van der Waals surface area (Å²) < 4.78 is 24.4. The summed E-state index contributed by atoms with van der Waals surface area (Å²) in [6.07, 6.45) is 3.06. The SMILES string of the molecule is CC(N)CCCC(=O)Nc1ccc(NS(C)(=O)=O)cc1. The first-order valence-electron chi connectivity index (χ1n) is 6.39. The summed E-state index contributed by atoms with van der Waals surface area (Å²) in [7, 11) is -3.28. The standard InChI is InChI=1S/C13H21N3O3S/c1-10(14)4-3-5-13(17)15-11-6-8-12(9-7-11)16-20(2,18)19/h6-10,16H,3-5,14H2,1-2H3,(H,15,17). The van der Waals surface area contributed by atoms with E-state index in [1.54, 1.807) is 24.3 Å². The Morgan fingerprint density at radius 1 is 1.25 bits per heavy atom. The molecule has 20 heavy (non-hydrogen) atoms. The van der Waals surface area contributed by atoms with Gasteiger partial charge in [0, 0.05) is 23.8 Å². The summed E-state index contributed by atoms with van der Waals surface area (Å²) in [5, 5.41) is 2.75. The molecule has 0 fully saturated rings. The van der Waals surface area contributed by atoms with E-state index < -0.39 is 10.0 Å². The fourth-order valence-corrected chi connectivity index (χ4v) is 2.21. The van der Waals surface area contributed by atoms with E-state index in [9.17, 15) is 13.2 Å². The molecule has 7 heteroatoms. The molecule has 0 aliphatic heterocycles. The number of sulfonamides is 1. The first-order valence-corrected chi connectivity index (χ1v) is 8.29. The molecule has 1 unspecified atom stereocenters. The van der Waals surface area contributed by atoms with Crippen LogP contribution in [0.5, 0.6) is 0 Å². The van der Waals surface area contributed by atoms with Crippen molar-refractivity contribution >= 4 is 27.3 Å². The van der Waals surface area contributed by atoms with Gasteiger partial charge in [0.1, 0.15) is 0 Å². The maximum absolute atomic E-state index is 11.6. The highest BCUT2D eigenvalue weighted by Crippen LogP contribution is 2.15. The fraction of sp³-hybridized carbons (Fsp3) is 0.462. The van der Waals surface area contributed by atoms with Gasteiger partial charge >= 0.3 is 0 Å². The molecule has 4 N–H and O–H groups in total. The Hall–Kier alpha value is -1.60. The third-order valence-corrected chi connectivity index (χ3v) is 3.14. The predicted octanol–water partition coefficient (Wildman–Crippen LogP) is 1.51. The van der Waals surface area contributed by atoms with Crippen molar-refractivity contribution in [1.29, 1.82) is 0 Å². The number of carbonyl (C=O) groups excluding carboxylic acids is 1. The van der Waals surface area contributed by atoms with Gasteiger partial charge in [0.05, 0.1) is 6.26 Å². The van der Waals surface area contributed by atoms with Crippen LogP contribution in [0.3, 0.4) is 0 Å². The summed E-state index contributed by atoms with van der Waals surface area (Å²) in [5.74, 6) is -0.0746. The summed E-state index contributed by atoms with van der Waals surface area (Å²) in [5.41, 5.74) is 6.71. The monoisotopic (exact) mass is 299 g/mol. The molecule has 6 nitrogen and oxygen atoms in total. The smallest absolute Gasteiger partial charge is 0.229 e. The van der Waals surface area contributed by atoms with Gasteiger partial charge in [-0.05, 0) is 44.0 Å². The van der Waals surface area contributed by atoms with Crippen LogP contribution in [-0.4, -0.2) is 26.6 Å². The van der Waals surface area contributed by atoms with E-state index in [0.29, 0.717) is 17.8 Å². The molecule has 0 aliphatic carbocycles. The number of rotatable bonds is 7. The highest BCUT2D eigenvalue weighted by molar-refractivity contribution is 7.92. The maximum atomic E-state index is 11.6. The van der Waals surface area contributed by atoms with E-state index in [0.717, 1.165) is 19.1 Å². The molecule has 112 valence electrons. The molecule has 0 saturated carbocycles. The molecule has 0 aliphatic rings. The lowest BCUT2D eigenvalue weighted by molar-refractivity contribution is -0.116. The van der Waals surface area contributed by atoms with Crippen molar-refractivity contribution in [1.82, 2.24) is 0 Å². The van der Waals surface area contributed by atoms with Gasteiger partial charge in [-0.2, -0.15) is 0 Å². The second kappa shape index (κ2) is 7.25. The highest BCUT2D eigenvalue weighted by atomic mass is 32.2. The second-order valence-corrected chi connectivity index (χ2v) is 6.62. The quantitative estimate of drug-likeness (QED) is 0.710. The first-order chi connectivity index (χ1) is 9.26. The van der Waals surface area contributed by atoms with Crippen LogP contribution < -0.4 is 15.8 Å². The zero-order valence-electron chi connectivity index (χ0n) is 11.7. The van der Waals surface area contributed by atoms with Gasteiger partial charge in [-0.1, -0.05) is 0 Å². The van der Waals surface area contributed by atoms with Crippen LogP contribution in [0.15, 0.2) is 24.3 Å². The largest absolute Gasteiger partial charge is 0.328 e. The lowest BCUT2D eigenvalue weighted by atomic mass is 10.1. The zero-order valence-corrected chi connectivity index (χ0v) is 12.5. The van der Waals surface area contributed by atoms with Crippen molar-refractivity contribution < 1.29 is 13.2 Å². The van der Waals surface area contributed by atoms with Crippen LogP contribution in [0, 0.1) is 0 Å². The number of anilines is 2. The summed E-state index contributed by atoms with van der Waals surface area (Å²) in [6.45, 7) is 1.91. The van der Waals surface area contributed by atoms with E-state index in [2.05, 4.69) is 10.0 Å². The third-order valence-electron chi connectivity index (χ3n) is 2.54. The molecule has 0 radical (unpaired) electrons. The minimum absolute atomic E-state index is 0.0746. The van der Waals surface area contributed by atoms with Crippen LogP contribution in [0.4, 0.5) is 11.4 Å². The Bertz CT molecular complexity index is 538. The molecule has 1 atom stereocenters. The molecular formula is C13H21N3O3S. The second-order valence-electron chi connectivity index (χ2n) is 4.87. The van der Waals surface area contributed by atoms with Gasteiger partial charge in [-0.3, -0.25) is 9.52 Å². The molecule has 0 aromatic heterocycles. The number of benzene rings is 1. The van der Waals surface area contributed by atoms with E-state index in [1.807, 2.05) is 6.92 Å². The van der Waals surface area contributed by atoms with Crippen molar-refractivity contribution in [2.75, 3.05) is 16.3 Å². The number of nitrogens with one attached hydrogen (secondary N) is 2. The van der Waals surface area contributed by atoms with Crippen LogP contribution in [0.25, 0.3) is 0 Å². The lowest BCUT2D eigenvalue weighted by Crippen LogP contribution is -2.16. The lowest BCUT2D eigenvalue weighted by Gasteiger charge is -2.08. The van der Waals surface area contributed by atoms with Gasteiger partial charge in [0.2, 0.25) is 15.9 Å². The van der Waals surface area contributed by atoms with Crippen LogP contribution >= 0.6 is 0 Å². The van der Waals surface area contributed by atoms with Crippen molar-refractivity contribution in [2.24, 2.45) is 5.73 Å². The number of amides is 1. The van der Waals surface area contributed by atoms with Crippen molar-refractivity contribution in [3.8, 4) is 0 Å². The molecule has 1 rings (SSSR count). The third kappa shape index (κ3) is 7.10. The molecule has 0 spiro atoms. The van der Waals surface area contributed by atoms with Gasteiger partial charge in [-0.25, -0.2) is 8.42 Å². The normalized spacial score (nSPS) is 12.8. The Morgan fingerprint density at radius 3 is 2.30 bits per heavy atom. The summed E-state index contributed by atoms with van der Waals surface area (Å²) in [4.78, 5) is 11.6. The molecule has 0 bridgehead atoms. The van der Waals surface area contributed by atoms with Crippen LogP contribution in [0.1, 0.15) is 26.2 Å². The van der Waals surface area contributed by atoms with E-state index in [4.69, 9.17) is 5.73 Å². The summed E-state index contributed by atoms with van der Waals surface area (Å²) in [6, 6.07) is 6.59. The van der Waals surface area contributed by atoms with Gasteiger partial charge in [0.15, 0.2) is 0 Å². The van der Waals surface area contributed by atoms with Gasteiger partial charge in [-0.15, -0.1) is 0 Å². The molecular weight excluding hydrogens is 278 g/mol. The predicted molar refractivity (Wildman–Crippen MR) is 81.0 cm³/mol. The molecule has 1 aromatic carbocycles. The maximum Gasteiger partial charge on any atom is 0.229 e. The minimum Gasteiger partial charge on any atom is -0.328 e. The Kier molecular flexibility index (Phi) is 5.97. The van der Waals surface area contributed by atoms with Crippen molar-refractivity contribution in [2.45, 2.75) is 32.2 Å². The van der Waals surface area contributed by atoms with E-state index >= 15 is 0 Å². The molecule has 1 amide bonds. The van der Waals surface area contributed by atoms with Gasteiger partial charge in [0.25, 0.3) is 0 Å².